The summed E-state index contributed by atoms with van der Waals surface area (Å²) in [6, 6.07) is 0. The van der Waals surface area contributed by atoms with Gasteiger partial charge in [0, 0.05) is 6.54 Å². The van der Waals surface area contributed by atoms with Gasteiger partial charge in [0.15, 0.2) is 0 Å². The minimum absolute atomic E-state index is 0.199. The molecule has 1 aliphatic carbocycles. The van der Waals surface area contributed by atoms with Gasteiger partial charge in [0.2, 0.25) is 0 Å². The van der Waals surface area contributed by atoms with Gasteiger partial charge in [-0.1, -0.05) is 18.6 Å². The number of hydrogen-bond donors (Lipinski definition) is 2. The molecule has 0 aromatic heterocycles. The van der Waals surface area contributed by atoms with E-state index in [0.29, 0.717) is 18.9 Å². The van der Waals surface area contributed by atoms with Crippen LogP contribution in [0.25, 0.3) is 0 Å². The van der Waals surface area contributed by atoms with Gasteiger partial charge >= 0.3 is 5.97 Å². The monoisotopic (exact) mass is 169 g/mol. The molecule has 12 heavy (non-hydrogen) atoms. The molecule has 1 aliphatic rings. The third-order valence-corrected chi connectivity index (χ3v) is 2.52. The molecular weight excluding hydrogens is 154 g/mol. The number of allylic oxidation sites excluding steroid dienone is 1. The van der Waals surface area contributed by atoms with Crippen LogP contribution in [0.15, 0.2) is 11.6 Å². The van der Waals surface area contributed by atoms with Crippen LogP contribution in [0, 0.1) is 11.8 Å². The summed E-state index contributed by atoms with van der Waals surface area (Å²) in [5, 5.41) is 8.75. The first-order valence-electron chi connectivity index (χ1n) is 4.27. The highest BCUT2D eigenvalue weighted by Crippen LogP contribution is 2.28. The predicted molar refractivity (Wildman–Crippen MR) is 46.7 cm³/mol. The number of nitrogens with two attached hydrogens (primary N) is 1. The fourth-order valence-electron chi connectivity index (χ4n) is 1.66. The lowest BCUT2D eigenvalue weighted by atomic mass is 9.82. The maximum atomic E-state index is 10.6. The number of aliphatic carboxylic acids is 1. The van der Waals surface area contributed by atoms with E-state index in [0.717, 1.165) is 6.42 Å². The molecule has 0 saturated heterocycles. The zero-order chi connectivity index (χ0) is 9.14. The Bertz CT molecular complexity index is 211. The normalized spacial score (nSPS) is 29.7. The minimum Gasteiger partial charge on any atom is -0.481 e. The molecule has 2 unspecified atom stereocenters. The van der Waals surface area contributed by atoms with E-state index in [1.165, 1.54) is 5.57 Å². The van der Waals surface area contributed by atoms with Crippen LogP contribution in [-0.2, 0) is 4.79 Å². The highest BCUT2D eigenvalue weighted by atomic mass is 16.4. The topological polar surface area (TPSA) is 63.3 Å². The first kappa shape index (κ1) is 9.26. The average molecular weight is 169 g/mol. The lowest BCUT2D eigenvalue weighted by Gasteiger charge is -2.24. The molecule has 0 heterocycles. The molecule has 0 radical (unpaired) electrons. The maximum Gasteiger partial charge on any atom is 0.306 e. The second-order valence-corrected chi connectivity index (χ2v) is 3.39. The third-order valence-electron chi connectivity index (χ3n) is 2.52. The molecular formula is C9H15NO2. The Morgan fingerprint density at radius 1 is 1.83 bits per heavy atom. The van der Waals surface area contributed by atoms with Crippen LogP contribution >= 0.6 is 0 Å². The smallest absolute Gasteiger partial charge is 0.306 e. The molecule has 0 saturated carbocycles. The Balaban J connectivity index is 2.63. The predicted octanol–water partition coefficient (Wildman–Crippen LogP) is 1.00. The molecule has 0 spiro atoms. The van der Waals surface area contributed by atoms with Crippen molar-refractivity contribution in [1.29, 1.82) is 0 Å². The van der Waals surface area contributed by atoms with Crippen LogP contribution in [0.2, 0.25) is 0 Å². The van der Waals surface area contributed by atoms with E-state index in [-0.39, 0.29) is 5.92 Å². The Morgan fingerprint density at radius 2 is 2.50 bits per heavy atom. The van der Waals surface area contributed by atoms with Crippen molar-refractivity contribution in [1.82, 2.24) is 0 Å². The van der Waals surface area contributed by atoms with Gasteiger partial charge in [0.05, 0.1) is 5.92 Å². The molecule has 2 atom stereocenters. The summed E-state index contributed by atoms with van der Waals surface area (Å²) >= 11 is 0. The molecule has 3 heteroatoms. The zero-order valence-corrected chi connectivity index (χ0v) is 7.29. The van der Waals surface area contributed by atoms with Crippen LogP contribution in [0.3, 0.4) is 0 Å². The lowest BCUT2D eigenvalue weighted by molar-refractivity contribution is -0.142. The number of rotatable bonds is 2. The van der Waals surface area contributed by atoms with Crippen molar-refractivity contribution in [2.45, 2.75) is 19.8 Å². The summed E-state index contributed by atoms with van der Waals surface area (Å²) < 4.78 is 0. The quantitative estimate of drug-likeness (QED) is 0.606. The summed E-state index contributed by atoms with van der Waals surface area (Å²) in [7, 11) is 0. The number of carbonyl (C=O) groups is 1. The van der Waals surface area contributed by atoms with Crippen molar-refractivity contribution in [3.05, 3.63) is 11.6 Å². The van der Waals surface area contributed by atoms with Gasteiger partial charge in [-0.25, -0.2) is 0 Å². The summed E-state index contributed by atoms with van der Waals surface area (Å²) in [5.41, 5.74) is 6.70. The van der Waals surface area contributed by atoms with Gasteiger partial charge in [-0.2, -0.15) is 0 Å². The number of hydrogen-bond acceptors (Lipinski definition) is 2. The minimum atomic E-state index is -0.686. The van der Waals surface area contributed by atoms with Crippen molar-refractivity contribution in [2.24, 2.45) is 17.6 Å². The third kappa shape index (κ3) is 1.85. The summed E-state index contributed by atoms with van der Waals surface area (Å²) in [4.78, 5) is 10.6. The van der Waals surface area contributed by atoms with Gasteiger partial charge in [-0.3, -0.25) is 4.79 Å². The standard InChI is InChI=1S/C9H15NO2/c1-6-4-7(9(11)12)2-3-8(6)5-10/h3,6-7H,2,4-5,10H2,1H3,(H,11,12). The molecule has 0 amide bonds. The fourth-order valence-corrected chi connectivity index (χ4v) is 1.66. The molecule has 68 valence electrons. The second kappa shape index (κ2) is 3.72. The van der Waals surface area contributed by atoms with E-state index in [2.05, 4.69) is 0 Å². The fraction of sp³-hybridized carbons (Fsp3) is 0.667. The first-order chi connectivity index (χ1) is 5.65. The van der Waals surface area contributed by atoms with Crippen molar-refractivity contribution in [2.75, 3.05) is 6.54 Å². The van der Waals surface area contributed by atoms with E-state index in [1.54, 1.807) is 0 Å². The molecule has 1 rings (SSSR count). The van der Waals surface area contributed by atoms with Gasteiger partial charge in [0.25, 0.3) is 0 Å². The van der Waals surface area contributed by atoms with E-state index in [9.17, 15) is 4.79 Å². The van der Waals surface area contributed by atoms with Gasteiger partial charge < -0.3 is 10.8 Å². The van der Waals surface area contributed by atoms with Crippen LogP contribution in [0.4, 0.5) is 0 Å². The van der Waals surface area contributed by atoms with Gasteiger partial charge in [-0.15, -0.1) is 0 Å². The van der Waals surface area contributed by atoms with Crippen LogP contribution < -0.4 is 5.73 Å². The summed E-state index contributed by atoms with van der Waals surface area (Å²) in [6.45, 7) is 2.60. The van der Waals surface area contributed by atoms with E-state index < -0.39 is 5.97 Å². The Labute approximate surface area is 72.3 Å². The van der Waals surface area contributed by atoms with E-state index in [1.807, 2.05) is 13.0 Å². The highest BCUT2D eigenvalue weighted by Gasteiger charge is 2.24. The van der Waals surface area contributed by atoms with Crippen molar-refractivity contribution < 1.29 is 9.90 Å². The molecule has 3 N–H and O–H groups in total. The molecule has 3 nitrogen and oxygen atoms in total. The van der Waals surface area contributed by atoms with E-state index in [4.69, 9.17) is 10.8 Å². The Morgan fingerprint density at radius 3 is 2.92 bits per heavy atom. The van der Waals surface area contributed by atoms with Crippen molar-refractivity contribution >= 4 is 5.97 Å². The number of carboxylic acids is 1. The maximum absolute atomic E-state index is 10.6. The highest BCUT2D eigenvalue weighted by molar-refractivity contribution is 5.70. The molecule has 0 aromatic carbocycles. The molecule has 0 fully saturated rings. The van der Waals surface area contributed by atoms with Crippen LogP contribution in [-0.4, -0.2) is 17.6 Å². The second-order valence-electron chi connectivity index (χ2n) is 3.39. The van der Waals surface area contributed by atoms with Crippen LogP contribution in [0.5, 0.6) is 0 Å². The van der Waals surface area contributed by atoms with Gasteiger partial charge in [0.1, 0.15) is 0 Å². The Hall–Kier alpha value is -0.830. The van der Waals surface area contributed by atoms with E-state index >= 15 is 0 Å². The summed E-state index contributed by atoms with van der Waals surface area (Å²) in [6.07, 6.45) is 3.36. The SMILES string of the molecule is CC1CC(C(=O)O)CC=C1CN. The first-order valence-corrected chi connectivity index (χ1v) is 4.27. The Kier molecular flexibility index (Phi) is 2.87. The molecule has 0 aliphatic heterocycles. The van der Waals surface area contributed by atoms with Gasteiger partial charge in [-0.05, 0) is 18.8 Å². The van der Waals surface area contributed by atoms with Crippen molar-refractivity contribution in [3.8, 4) is 0 Å². The number of carboxylic acid groups (broad SMARTS) is 1. The zero-order valence-electron chi connectivity index (χ0n) is 7.29. The molecule has 0 aromatic rings. The lowest BCUT2D eigenvalue weighted by Crippen LogP contribution is -2.23. The average Bonchev–Trinajstić information content (AvgIpc) is 2.04. The molecule has 0 bridgehead atoms. The largest absolute Gasteiger partial charge is 0.481 e. The van der Waals surface area contributed by atoms with Crippen molar-refractivity contribution in [3.63, 3.8) is 0 Å². The van der Waals surface area contributed by atoms with Crippen LogP contribution in [0.1, 0.15) is 19.8 Å². The summed E-state index contributed by atoms with van der Waals surface area (Å²) in [5.74, 6) is -0.547.